The van der Waals surface area contributed by atoms with E-state index >= 15 is 0 Å². The van der Waals surface area contributed by atoms with Crippen LogP contribution in [0.25, 0.3) is 10.9 Å². The second-order valence-electron chi connectivity index (χ2n) is 7.93. The molecule has 2 aromatic heterocycles. The molecule has 3 aromatic carbocycles. The first-order chi connectivity index (χ1) is 17.8. The van der Waals surface area contributed by atoms with Crippen molar-refractivity contribution < 1.29 is 17.5 Å². The lowest BCUT2D eigenvalue weighted by atomic mass is 10.2. The molecule has 0 bridgehead atoms. The first kappa shape index (κ1) is 23.9. The number of hydrogen-bond donors (Lipinski definition) is 2. The number of aromatic nitrogens is 4. The molecule has 12 heteroatoms. The molecule has 0 saturated heterocycles. The smallest absolute Gasteiger partial charge is 0.329 e. The predicted octanol–water partition coefficient (Wildman–Crippen LogP) is 3.26. The van der Waals surface area contributed by atoms with Crippen LogP contribution in [0.15, 0.2) is 99.7 Å². The minimum Gasteiger partial charge on any atom is -0.424 e. The van der Waals surface area contributed by atoms with E-state index in [1.165, 1.54) is 42.7 Å². The first-order valence-corrected chi connectivity index (χ1v) is 12.4. The molecule has 0 unspecified atom stereocenters. The van der Waals surface area contributed by atoms with Crippen LogP contribution in [-0.4, -0.2) is 27.9 Å². The van der Waals surface area contributed by atoms with Crippen LogP contribution in [-0.2, 0) is 16.6 Å². The van der Waals surface area contributed by atoms with Gasteiger partial charge < -0.3 is 9.72 Å². The van der Waals surface area contributed by atoms with Gasteiger partial charge in [-0.2, -0.15) is 0 Å². The SMILES string of the molecule is O=c1[nH]c2ccc(Oc3ncccn3)cc2c(=O)n1Cc1cccc(NS(=O)(=O)c2cccc(F)c2)c1. The number of hydrogen-bond acceptors (Lipinski definition) is 7. The molecule has 0 spiro atoms. The molecule has 0 aliphatic rings. The van der Waals surface area contributed by atoms with Crippen molar-refractivity contribution >= 4 is 26.6 Å². The van der Waals surface area contributed by atoms with E-state index in [1.807, 2.05) is 0 Å². The second kappa shape index (κ2) is 9.66. The summed E-state index contributed by atoms with van der Waals surface area (Å²) < 4.78 is 47.7. The molecule has 0 atom stereocenters. The zero-order valence-corrected chi connectivity index (χ0v) is 19.8. The lowest BCUT2D eigenvalue weighted by Crippen LogP contribution is -2.35. The molecule has 0 fully saturated rings. The van der Waals surface area contributed by atoms with Gasteiger partial charge in [0.2, 0.25) is 0 Å². The van der Waals surface area contributed by atoms with Crippen molar-refractivity contribution in [2.75, 3.05) is 4.72 Å². The predicted molar refractivity (Wildman–Crippen MR) is 134 cm³/mol. The van der Waals surface area contributed by atoms with E-state index in [9.17, 15) is 22.4 Å². The molecule has 0 radical (unpaired) electrons. The van der Waals surface area contributed by atoms with Gasteiger partial charge in [0.1, 0.15) is 11.6 Å². The number of rotatable bonds is 7. The molecule has 2 heterocycles. The van der Waals surface area contributed by atoms with Crippen LogP contribution in [0.2, 0.25) is 0 Å². The Morgan fingerprint density at radius 3 is 2.51 bits per heavy atom. The number of anilines is 1. The fourth-order valence-electron chi connectivity index (χ4n) is 3.64. The molecule has 0 saturated carbocycles. The molecule has 37 heavy (non-hydrogen) atoms. The van der Waals surface area contributed by atoms with Crippen LogP contribution in [0.4, 0.5) is 10.1 Å². The number of H-pyrrole nitrogens is 1. The van der Waals surface area contributed by atoms with Gasteiger partial charge in [-0.05, 0) is 60.2 Å². The Bertz CT molecular complexity index is 1840. The van der Waals surface area contributed by atoms with Crippen LogP contribution in [0.3, 0.4) is 0 Å². The van der Waals surface area contributed by atoms with Gasteiger partial charge in [0, 0.05) is 18.1 Å². The molecule has 5 rings (SSSR count). The lowest BCUT2D eigenvalue weighted by Gasteiger charge is -2.11. The third-order valence-corrected chi connectivity index (χ3v) is 6.71. The van der Waals surface area contributed by atoms with Gasteiger partial charge in [-0.1, -0.05) is 18.2 Å². The average molecular weight is 520 g/mol. The Balaban J connectivity index is 1.44. The number of sulfonamides is 1. The molecule has 0 amide bonds. The molecule has 5 aromatic rings. The lowest BCUT2D eigenvalue weighted by molar-refractivity contribution is 0.442. The van der Waals surface area contributed by atoms with E-state index in [2.05, 4.69) is 19.7 Å². The van der Waals surface area contributed by atoms with Crippen LogP contribution in [0, 0.1) is 5.82 Å². The second-order valence-corrected chi connectivity index (χ2v) is 9.61. The number of fused-ring (bicyclic) bond motifs is 1. The van der Waals surface area contributed by atoms with Gasteiger partial charge in [-0.15, -0.1) is 0 Å². The fourth-order valence-corrected chi connectivity index (χ4v) is 4.72. The fraction of sp³-hybridized carbons (Fsp3) is 0.0400. The zero-order chi connectivity index (χ0) is 26.0. The van der Waals surface area contributed by atoms with Gasteiger partial charge in [-0.25, -0.2) is 27.6 Å². The topological polar surface area (TPSA) is 136 Å². The summed E-state index contributed by atoms with van der Waals surface area (Å²) in [6.07, 6.45) is 3.03. The van der Waals surface area contributed by atoms with Crippen molar-refractivity contribution in [1.29, 1.82) is 0 Å². The van der Waals surface area contributed by atoms with Crippen molar-refractivity contribution in [1.82, 2.24) is 19.5 Å². The van der Waals surface area contributed by atoms with Gasteiger partial charge in [0.05, 0.1) is 22.3 Å². The number of halogens is 1. The molecule has 2 N–H and O–H groups in total. The van der Waals surface area contributed by atoms with Crippen molar-refractivity contribution in [2.45, 2.75) is 11.4 Å². The summed E-state index contributed by atoms with van der Waals surface area (Å²) in [6, 6.07) is 17.1. The minimum atomic E-state index is -4.05. The summed E-state index contributed by atoms with van der Waals surface area (Å²) in [6.45, 7) is -0.132. The first-order valence-electron chi connectivity index (χ1n) is 10.9. The van der Waals surface area contributed by atoms with Crippen molar-refractivity contribution in [3.63, 3.8) is 0 Å². The number of ether oxygens (including phenoxy) is 1. The average Bonchev–Trinajstić information content (AvgIpc) is 2.88. The summed E-state index contributed by atoms with van der Waals surface area (Å²) in [7, 11) is -4.05. The normalized spacial score (nSPS) is 11.4. The van der Waals surface area contributed by atoms with Crippen LogP contribution in [0.5, 0.6) is 11.8 Å². The standard InChI is InChI=1S/C25H18FN5O5S/c26-17-5-2-7-20(13-17)37(34,35)30-18-6-1-4-16(12-18)15-31-23(32)21-14-19(8-9-22(21)29-25(31)33)36-24-27-10-3-11-28-24/h1-14,30H,15H2,(H,29,33). The van der Waals surface area contributed by atoms with Crippen molar-refractivity contribution in [3.05, 3.63) is 117 Å². The Kier molecular flexibility index (Phi) is 6.24. The molecular formula is C25H18FN5O5S. The summed E-state index contributed by atoms with van der Waals surface area (Å²) in [5, 5.41) is 0.205. The summed E-state index contributed by atoms with van der Waals surface area (Å²) in [5.41, 5.74) is -0.210. The van der Waals surface area contributed by atoms with Gasteiger partial charge >= 0.3 is 11.7 Å². The molecule has 186 valence electrons. The quantitative estimate of drug-likeness (QED) is 0.337. The highest BCUT2D eigenvalue weighted by atomic mass is 32.2. The Labute approximate surface area is 209 Å². The zero-order valence-electron chi connectivity index (χ0n) is 19.0. The van der Waals surface area contributed by atoms with E-state index in [0.29, 0.717) is 16.8 Å². The Hall–Kier alpha value is -4.84. The maximum Gasteiger partial charge on any atom is 0.329 e. The third kappa shape index (κ3) is 5.23. The highest BCUT2D eigenvalue weighted by Gasteiger charge is 2.16. The summed E-state index contributed by atoms with van der Waals surface area (Å²) in [5.74, 6) is -0.375. The number of nitrogens with zero attached hydrogens (tertiary/aromatic N) is 3. The number of nitrogens with one attached hydrogen (secondary N) is 2. The highest BCUT2D eigenvalue weighted by molar-refractivity contribution is 7.92. The number of benzene rings is 3. The summed E-state index contributed by atoms with van der Waals surface area (Å²) >= 11 is 0. The third-order valence-electron chi connectivity index (χ3n) is 5.33. The Morgan fingerprint density at radius 1 is 0.946 bits per heavy atom. The largest absolute Gasteiger partial charge is 0.424 e. The van der Waals surface area contributed by atoms with E-state index in [4.69, 9.17) is 4.74 Å². The maximum absolute atomic E-state index is 13.5. The minimum absolute atomic E-state index is 0.101. The van der Waals surface area contributed by atoms with Gasteiger partial charge in [-0.3, -0.25) is 14.1 Å². The number of aromatic amines is 1. The highest BCUT2D eigenvalue weighted by Crippen LogP contribution is 2.21. The van der Waals surface area contributed by atoms with Crippen LogP contribution >= 0.6 is 0 Å². The van der Waals surface area contributed by atoms with Crippen LogP contribution in [0.1, 0.15) is 5.56 Å². The summed E-state index contributed by atoms with van der Waals surface area (Å²) in [4.78, 5) is 36.3. The maximum atomic E-state index is 13.5. The van der Waals surface area contributed by atoms with Crippen LogP contribution < -0.4 is 20.7 Å². The van der Waals surface area contributed by atoms with E-state index < -0.39 is 27.1 Å². The molecule has 0 aliphatic carbocycles. The van der Waals surface area contributed by atoms with Crippen molar-refractivity contribution in [3.8, 4) is 11.8 Å². The monoisotopic (exact) mass is 519 g/mol. The molecule has 10 nitrogen and oxygen atoms in total. The van der Waals surface area contributed by atoms with Gasteiger partial charge in [0.15, 0.2) is 0 Å². The molecular weight excluding hydrogens is 501 g/mol. The molecule has 0 aliphatic heterocycles. The van der Waals surface area contributed by atoms with Gasteiger partial charge in [0.25, 0.3) is 15.6 Å². The van der Waals surface area contributed by atoms with E-state index in [-0.39, 0.29) is 28.5 Å². The Morgan fingerprint density at radius 2 is 1.73 bits per heavy atom. The van der Waals surface area contributed by atoms with E-state index in [1.54, 1.807) is 30.3 Å². The van der Waals surface area contributed by atoms with E-state index in [0.717, 1.165) is 16.7 Å². The van der Waals surface area contributed by atoms with Crippen molar-refractivity contribution in [2.24, 2.45) is 0 Å².